The molecule has 1 aromatic rings. The number of benzene rings is 1. The first-order valence-electron chi connectivity index (χ1n) is 7.35. The van der Waals surface area contributed by atoms with Crippen LogP contribution in [-0.2, 0) is 16.1 Å². The molecule has 1 fully saturated rings. The molecule has 0 amide bonds. The number of nitrogens with two attached hydrogens (primary N) is 1. The molecule has 22 heavy (non-hydrogen) atoms. The van der Waals surface area contributed by atoms with E-state index in [1.165, 1.54) is 7.11 Å². The van der Waals surface area contributed by atoms with E-state index in [9.17, 15) is 4.79 Å². The summed E-state index contributed by atoms with van der Waals surface area (Å²) in [4.78, 5) is 13.8. The lowest BCUT2D eigenvalue weighted by atomic mass is 10.0. The van der Waals surface area contributed by atoms with Gasteiger partial charge in [0.15, 0.2) is 11.5 Å². The van der Waals surface area contributed by atoms with Gasteiger partial charge in [-0.3, -0.25) is 9.69 Å². The lowest BCUT2D eigenvalue weighted by molar-refractivity contribution is -0.143. The maximum Gasteiger partial charge on any atom is 0.322 e. The van der Waals surface area contributed by atoms with Crippen LogP contribution in [0, 0.1) is 5.92 Å². The van der Waals surface area contributed by atoms with Gasteiger partial charge in [-0.05, 0) is 36.6 Å². The van der Waals surface area contributed by atoms with Crippen LogP contribution in [0.5, 0.6) is 11.5 Å². The molecule has 1 heterocycles. The highest BCUT2D eigenvalue weighted by atomic mass is 16.5. The van der Waals surface area contributed by atoms with Crippen LogP contribution in [0.4, 0.5) is 0 Å². The molecule has 2 unspecified atom stereocenters. The predicted octanol–water partition coefficient (Wildman–Crippen LogP) is 1.03. The van der Waals surface area contributed by atoms with Gasteiger partial charge in [0.2, 0.25) is 0 Å². The Labute approximate surface area is 131 Å². The molecule has 0 radical (unpaired) electrons. The van der Waals surface area contributed by atoms with Crippen LogP contribution < -0.4 is 15.2 Å². The Morgan fingerprint density at radius 3 is 2.68 bits per heavy atom. The van der Waals surface area contributed by atoms with Crippen LogP contribution in [0.1, 0.15) is 12.0 Å². The monoisotopic (exact) mass is 308 g/mol. The number of likely N-dealkylation sites (tertiary alicyclic amines) is 1. The van der Waals surface area contributed by atoms with E-state index in [4.69, 9.17) is 19.9 Å². The molecule has 0 aliphatic carbocycles. The van der Waals surface area contributed by atoms with Crippen molar-refractivity contribution < 1.29 is 19.0 Å². The van der Waals surface area contributed by atoms with Gasteiger partial charge < -0.3 is 19.9 Å². The van der Waals surface area contributed by atoms with Crippen molar-refractivity contribution in [1.29, 1.82) is 0 Å². The molecule has 0 saturated carbocycles. The van der Waals surface area contributed by atoms with Crippen molar-refractivity contribution >= 4 is 5.97 Å². The van der Waals surface area contributed by atoms with Gasteiger partial charge in [0.1, 0.15) is 6.04 Å². The first-order chi connectivity index (χ1) is 10.6. The molecule has 0 spiro atoms. The Morgan fingerprint density at radius 2 is 2.05 bits per heavy atom. The van der Waals surface area contributed by atoms with Crippen molar-refractivity contribution in [1.82, 2.24) is 4.90 Å². The number of hydrogen-bond donors (Lipinski definition) is 1. The number of carbonyl (C=O) groups excluding carboxylic acids is 1. The molecule has 122 valence electrons. The summed E-state index contributed by atoms with van der Waals surface area (Å²) >= 11 is 0. The molecule has 1 saturated heterocycles. The second-order valence-electron chi connectivity index (χ2n) is 5.52. The van der Waals surface area contributed by atoms with E-state index in [-0.39, 0.29) is 11.9 Å². The van der Waals surface area contributed by atoms with Gasteiger partial charge in [-0.2, -0.15) is 0 Å². The average molecular weight is 308 g/mol. The topological polar surface area (TPSA) is 74.0 Å². The van der Waals surface area contributed by atoms with Gasteiger partial charge in [0, 0.05) is 13.1 Å². The zero-order chi connectivity index (χ0) is 16.1. The SMILES string of the molecule is COC(=O)C(N)C1CCN(Cc2ccc(OC)c(OC)c2)C1. The van der Waals surface area contributed by atoms with Gasteiger partial charge >= 0.3 is 5.97 Å². The zero-order valence-electron chi connectivity index (χ0n) is 13.4. The van der Waals surface area contributed by atoms with E-state index < -0.39 is 6.04 Å². The van der Waals surface area contributed by atoms with E-state index in [0.29, 0.717) is 0 Å². The molecule has 0 bridgehead atoms. The summed E-state index contributed by atoms with van der Waals surface area (Å²) in [6, 6.07) is 5.36. The van der Waals surface area contributed by atoms with Crippen LogP contribution in [0.25, 0.3) is 0 Å². The number of ether oxygens (including phenoxy) is 3. The highest BCUT2D eigenvalue weighted by Gasteiger charge is 2.31. The molecule has 6 heteroatoms. The maximum atomic E-state index is 11.5. The minimum atomic E-state index is -0.541. The van der Waals surface area contributed by atoms with E-state index in [1.54, 1.807) is 14.2 Å². The van der Waals surface area contributed by atoms with Crippen molar-refractivity contribution in [3.63, 3.8) is 0 Å². The molecule has 1 aromatic carbocycles. The Morgan fingerprint density at radius 1 is 1.32 bits per heavy atom. The third-order valence-corrected chi connectivity index (χ3v) is 4.14. The number of esters is 1. The Kier molecular flexibility index (Phi) is 5.63. The second-order valence-corrected chi connectivity index (χ2v) is 5.52. The summed E-state index contributed by atoms with van der Waals surface area (Å²) in [5.74, 6) is 1.26. The summed E-state index contributed by atoms with van der Waals surface area (Å²) in [5, 5.41) is 0. The highest BCUT2D eigenvalue weighted by Crippen LogP contribution is 2.29. The minimum Gasteiger partial charge on any atom is -0.493 e. The van der Waals surface area contributed by atoms with Crippen molar-refractivity contribution in [3.8, 4) is 11.5 Å². The molecule has 2 N–H and O–H groups in total. The molecular formula is C16H24N2O4. The van der Waals surface area contributed by atoms with Crippen molar-refractivity contribution in [2.45, 2.75) is 19.0 Å². The van der Waals surface area contributed by atoms with E-state index in [2.05, 4.69) is 4.90 Å². The quantitative estimate of drug-likeness (QED) is 0.791. The van der Waals surface area contributed by atoms with E-state index in [1.807, 2.05) is 18.2 Å². The van der Waals surface area contributed by atoms with Crippen LogP contribution >= 0.6 is 0 Å². The molecular weight excluding hydrogens is 284 g/mol. The standard InChI is InChI=1S/C16H24N2O4/c1-20-13-5-4-11(8-14(13)21-2)9-18-7-6-12(10-18)15(17)16(19)22-3/h4-5,8,12,15H,6-7,9-10,17H2,1-3H3. The van der Waals surface area contributed by atoms with Gasteiger partial charge in [-0.15, -0.1) is 0 Å². The van der Waals surface area contributed by atoms with E-state index in [0.717, 1.165) is 43.1 Å². The fourth-order valence-electron chi connectivity index (χ4n) is 2.87. The first-order valence-corrected chi connectivity index (χ1v) is 7.35. The Hall–Kier alpha value is -1.79. The smallest absolute Gasteiger partial charge is 0.322 e. The summed E-state index contributed by atoms with van der Waals surface area (Å²) in [6.07, 6.45) is 0.906. The maximum absolute atomic E-state index is 11.5. The lowest BCUT2D eigenvalue weighted by Gasteiger charge is -2.19. The Bertz CT molecular complexity index is 521. The fraction of sp³-hybridized carbons (Fsp3) is 0.562. The zero-order valence-corrected chi connectivity index (χ0v) is 13.4. The summed E-state index contributed by atoms with van der Waals surface area (Å²) in [5.41, 5.74) is 7.08. The van der Waals surface area contributed by atoms with Gasteiger partial charge in [-0.1, -0.05) is 6.07 Å². The van der Waals surface area contributed by atoms with Gasteiger partial charge in [0.25, 0.3) is 0 Å². The van der Waals surface area contributed by atoms with Crippen LogP contribution in [-0.4, -0.2) is 51.3 Å². The highest BCUT2D eigenvalue weighted by molar-refractivity contribution is 5.75. The van der Waals surface area contributed by atoms with Gasteiger partial charge in [-0.25, -0.2) is 0 Å². The average Bonchev–Trinajstić information content (AvgIpc) is 3.01. The van der Waals surface area contributed by atoms with Crippen LogP contribution in [0.2, 0.25) is 0 Å². The number of methoxy groups -OCH3 is 3. The predicted molar refractivity (Wildman–Crippen MR) is 82.9 cm³/mol. The Balaban J connectivity index is 1.97. The molecule has 2 rings (SSSR count). The molecule has 0 aromatic heterocycles. The van der Waals surface area contributed by atoms with E-state index >= 15 is 0 Å². The van der Waals surface area contributed by atoms with Gasteiger partial charge in [0.05, 0.1) is 21.3 Å². The number of nitrogens with zero attached hydrogens (tertiary/aromatic N) is 1. The van der Waals surface area contributed by atoms with Crippen molar-refractivity contribution in [2.75, 3.05) is 34.4 Å². The number of carbonyl (C=O) groups is 1. The minimum absolute atomic E-state index is 0.146. The number of hydrogen-bond acceptors (Lipinski definition) is 6. The van der Waals surface area contributed by atoms with Crippen molar-refractivity contribution in [3.05, 3.63) is 23.8 Å². The normalized spacial score (nSPS) is 19.7. The summed E-state index contributed by atoms with van der Waals surface area (Å²) in [6.45, 7) is 2.51. The molecule has 1 aliphatic rings. The molecule has 1 aliphatic heterocycles. The fourth-order valence-corrected chi connectivity index (χ4v) is 2.87. The third kappa shape index (κ3) is 3.69. The second kappa shape index (κ2) is 7.47. The summed E-state index contributed by atoms with van der Waals surface area (Å²) < 4.78 is 15.3. The summed E-state index contributed by atoms with van der Waals surface area (Å²) in [7, 11) is 4.62. The largest absolute Gasteiger partial charge is 0.493 e. The molecule has 6 nitrogen and oxygen atoms in total. The molecule has 2 atom stereocenters. The third-order valence-electron chi connectivity index (χ3n) is 4.14. The van der Waals surface area contributed by atoms with Crippen LogP contribution in [0.15, 0.2) is 18.2 Å². The van der Waals surface area contributed by atoms with Crippen molar-refractivity contribution in [2.24, 2.45) is 11.7 Å². The first kappa shape index (κ1) is 16.6. The number of rotatable bonds is 6. The van der Waals surface area contributed by atoms with Crippen LogP contribution in [0.3, 0.4) is 0 Å². The lowest BCUT2D eigenvalue weighted by Crippen LogP contribution is -2.40.